The molecule has 76 valence electrons. The molecule has 2 aromatic rings. The van der Waals surface area contributed by atoms with Crippen LogP contribution < -0.4 is 5.53 Å². The standard InChI is InChI=1S/C9H8BrN5/c10-9-3-1-8(2-4-9)5-12-14-15-7-11-6-13-15/h1-7,14H. The number of hydrazone groups is 1. The second-order valence-electron chi connectivity index (χ2n) is 2.75. The smallest absolute Gasteiger partial charge is 0.139 e. The van der Waals surface area contributed by atoms with Crippen molar-refractivity contribution in [2.24, 2.45) is 5.10 Å². The lowest BCUT2D eigenvalue weighted by atomic mass is 10.2. The summed E-state index contributed by atoms with van der Waals surface area (Å²) in [6.07, 6.45) is 4.66. The molecule has 5 nitrogen and oxygen atoms in total. The van der Waals surface area contributed by atoms with E-state index in [-0.39, 0.29) is 0 Å². The number of nitrogens with one attached hydrogen (secondary N) is 1. The number of aromatic nitrogens is 3. The van der Waals surface area contributed by atoms with E-state index in [1.807, 2.05) is 24.3 Å². The fourth-order valence-corrected chi connectivity index (χ4v) is 1.24. The lowest BCUT2D eigenvalue weighted by molar-refractivity contribution is 0.754. The summed E-state index contributed by atoms with van der Waals surface area (Å²) in [7, 11) is 0. The van der Waals surface area contributed by atoms with Gasteiger partial charge in [-0.25, -0.2) is 4.98 Å². The van der Waals surface area contributed by atoms with Crippen molar-refractivity contribution in [3.05, 3.63) is 47.0 Å². The van der Waals surface area contributed by atoms with Crippen molar-refractivity contribution in [2.75, 3.05) is 5.53 Å². The highest BCUT2D eigenvalue weighted by molar-refractivity contribution is 9.10. The van der Waals surface area contributed by atoms with E-state index in [9.17, 15) is 0 Å². The monoisotopic (exact) mass is 265 g/mol. The summed E-state index contributed by atoms with van der Waals surface area (Å²) in [5.74, 6) is 0. The highest BCUT2D eigenvalue weighted by Gasteiger charge is 1.88. The zero-order valence-corrected chi connectivity index (χ0v) is 9.29. The van der Waals surface area contributed by atoms with Crippen molar-refractivity contribution in [1.29, 1.82) is 0 Å². The third-order valence-corrected chi connectivity index (χ3v) is 2.19. The number of rotatable bonds is 3. The molecular weight excluding hydrogens is 258 g/mol. The van der Waals surface area contributed by atoms with Crippen LogP contribution in [0.15, 0.2) is 46.5 Å². The Balaban J connectivity index is 1.97. The number of benzene rings is 1. The highest BCUT2D eigenvalue weighted by Crippen LogP contribution is 2.08. The first-order valence-electron chi connectivity index (χ1n) is 4.24. The summed E-state index contributed by atoms with van der Waals surface area (Å²) in [5, 5.41) is 7.82. The van der Waals surface area contributed by atoms with Crippen LogP contribution in [0.1, 0.15) is 5.56 Å². The van der Waals surface area contributed by atoms with Crippen LogP contribution in [0.4, 0.5) is 0 Å². The fourth-order valence-electron chi connectivity index (χ4n) is 0.971. The van der Waals surface area contributed by atoms with E-state index in [2.05, 4.69) is 36.6 Å². The van der Waals surface area contributed by atoms with Crippen molar-refractivity contribution in [1.82, 2.24) is 14.9 Å². The summed E-state index contributed by atoms with van der Waals surface area (Å²) in [5.41, 5.74) is 3.69. The minimum absolute atomic E-state index is 1.01. The average molecular weight is 266 g/mol. The Morgan fingerprint density at radius 2 is 2.13 bits per heavy atom. The molecule has 0 saturated heterocycles. The summed E-state index contributed by atoms with van der Waals surface area (Å²) >= 11 is 3.36. The van der Waals surface area contributed by atoms with Crippen LogP contribution in [0.3, 0.4) is 0 Å². The van der Waals surface area contributed by atoms with Gasteiger partial charge in [-0.1, -0.05) is 28.1 Å². The average Bonchev–Trinajstić information content (AvgIpc) is 2.74. The molecule has 1 aromatic heterocycles. The maximum Gasteiger partial charge on any atom is 0.139 e. The molecule has 0 amide bonds. The van der Waals surface area contributed by atoms with Gasteiger partial charge in [0, 0.05) is 4.47 Å². The maximum absolute atomic E-state index is 3.98. The summed E-state index contributed by atoms with van der Waals surface area (Å²) in [4.78, 5) is 5.18. The van der Waals surface area contributed by atoms with E-state index in [1.165, 1.54) is 17.4 Å². The van der Waals surface area contributed by atoms with Crippen molar-refractivity contribution in [3.63, 3.8) is 0 Å². The number of nitrogens with zero attached hydrogens (tertiary/aromatic N) is 4. The Labute approximate surface area is 94.9 Å². The van der Waals surface area contributed by atoms with Gasteiger partial charge in [-0.05, 0) is 17.7 Å². The molecule has 0 aliphatic heterocycles. The van der Waals surface area contributed by atoms with Gasteiger partial charge in [0.1, 0.15) is 12.7 Å². The molecule has 0 radical (unpaired) electrons. The van der Waals surface area contributed by atoms with E-state index >= 15 is 0 Å². The van der Waals surface area contributed by atoms with E-state index in [4.69, 9.17) is 0 Å². The Hall–Kier alpha value is -1.69. The van der Waals surface area contributed by atoms with Crippen LogP contribution in [0, 0.1) is 0 Å². The first kappa shape index (κ1) is 9.85. The van der Waals surface area contributed by atoms with Gasteiger partial charge >= 0.3 is 0 Å². The molecule has 0 spiro atoms. The summed E-state index contributed by atoms with van der Waals surface area (Å²) in [6.45, 7) is 0. The zero-order chi connectivity index (χ0) is 10.5. The van der Waals surface area contributed by atoms with Crippen LogP contribution in [-0.2, 0) is 0 Å². The molecular formula is C9H8BrN5. The molecule has 1 N–H and O–H groups in total. The number of hydrogen-bond acceptors (Lipinski definition) is 4. The van der Waals surface area contributed by atoms with Crippen LogP contribution in [0.25, 0.3) is 0 Å². The van der Waals surface area contributed by atoms with E-state index < -0.39 is 0 Å². The van der Waals surface area contributed by atoms with Crippen molar-refractivity contribution < 1.29 is 0 Å². The molecule has 1 aromatic carbocycles. The van der Waals surface area contributed by atoms with Crippen molar-refractivity contribution in [2.45, 2.75) is 0 Å². The predicted octanol–water partition coefficient (Wildman–Crippen LogP) is 1.62. The van der Waals surface area contributed by atoms with Crippen molar-refractivity contribution in [3.8, 4) is 0 Å². The molecule has 0 fully saturated rings. The number of halogens is 1. The zero-order valence-electron chi connectivity index (χ0n) is 7.71. The van der Waals surface area contributed by atoms with Gasteiger partial charge in [0.2, 0.25) is 0 Å². The van der Waals surface area contributed by atoms with Gasteiger partial charge in [0.05, 0.1) is 6.21 Å². The Bertz CT molecular complexity index is 434. The van der Waals surface area contributed by atoms with Crippen LogP contribution in [-0.4, -0.2) is 21.1 Å². The van der Waals surface area contributed by atoms with E-state index in [1.54, 1.807) is 6.21 Å². The molecule has 0 saturated carbocycles. The summed E-state index contributed by atoms with van der Waals surface area (Å²) < 4.78 is 1.05. The molecule has 15 heavy (non-hydrogen) atoms. The Morgan fingerprint density at radius 1 is 1.33 bits per heavy atom. The highest BCUT2D eigenvalue weighted by atomic mass is 79.9. The Kier molecular flexibility index (Phi) is 3.08. The first-order valence-corrected chi connectivity index (χ1v) is 5.03. The van der Waals surface area contributed by atoms with Gasteiger partial charge in [-0.15, -0.1) is 9.89 Å². The lowest BCUT2D eigenvalue weighted by Crippen LogP contribution is -2.08. The van der Waals surface area contributed by atoms with Gasteiger partial charge in [-0.2, -0.15) is 10.6 Å². The normalized spacial score (nSPS) is 10.7. The minimum Gasteiger partial charge on any atom is -0.221 e. The third kappa shape index (κ3) is 2.88. The molecule has 1 heterocycles. The van der Waals surface area contributed by atoms with Gasteiger partial charge < -0.3 is 0 Å². The Morgan fingerprint density at radius 3 is 2.80 bits per heavy atom. The molecule has 0 bridgehead atoms. The molecule has 6 heteroatoms. The number of hydrogen-bond donors (Lipinski definition) is 1. The van der Waals surface area contributed by atoms with Crippen molar-refractivity contribution >= 4 is 22.1 Å². The predicted molar refractivity (Wildman–Crippen MR) is 61.1 cm³/mol. The second kappa shape index (κ2) is 4.70. The molecule has 0 atom stereocenters. The lowest BCUT2D eigenvalue weighted by Gasteiger charge is -1.96. The fraction of sp³-hybridized carbons (Fsp3) is 0. The molecule has 0 aliphatic rings. The molecule has 0 aliphatic carbocycles. The van der Waals surface area contributed by atoms with Crippen LogP contribution in [0.5, 0.6) is 0 Å². The largest absolute Gasteiger partial charge is 0.221 e. The van der Waals surface area contributed by atoms with Crippen LogP contribution >= 0.6 is 15.9 Å². The second-order valence-corrected chi connectivity index (χ2v) is 3.67. The topological polar surface area (TPSA) is 55.1 Å². The quantitative estimate of drug-likeness (QED) is 0.678. The molecule has 2 rings (SSSR count). The summed E-state index contributed by atoms with van der Waals surface area (Å²) in [6, 6.07) is 7.82. The molecule has 0 unspecified atom stereocenters. The van der Waals surface area contributed by atoms with Gasteiger partial charge in [0.15, 0.2) is 0 Å². The van der Waals surface area contributed by atoms with Gasteiger partial charge in [0.25, 0.3) is 0 Å². The van der Waals surface area contributed by atoms with Gasteiger partial charge in [-0.3, -0.25) is 0 Å². The first-order chi connectivity index (χ1) is 7.34. The SMILES string of the molecule is Brc1ccc(C=NNn2cncn2)cc1. The van der Waals surface area contributed by atoms with E-state index in [0.717, 1.165) is 10.0 Å². The minimum atomic E-state index is 1.01. The van der Waals surface area contributed by atoms with Crippen LogP contribution in [0.2, 0.25) is 0 Å². The van der Waals surface area contributed by atoms with E-state index in [0.29, 0.717) is 0 Å². The maximum atomic E-state index is 3.98. The third-order valence-electron chi connectivity index (χ3n) is 1.66.